The van der Waals surface area contributed by atoms with E-state index in [0.29, 0.717) is 29.4 Å². The van der Waals surface area contributed by atoms with E-state index in [-0.39, 0.29) is 18.3 Å². The zero-order valence-electron chi connectivity index (χ0n) is 13.9. The highest BCUT2D eigenvalue weighted by Crippen LogP contribution is 2.22. The summed E-state index contributed by atoms with van der Waals surface area (Å²) in [7, 11) is 0. The maximum atomic E-state index is 12.9. The van der Waals surface area contributed by atoms with E-state index in [2.05, 4.69) is 5.32 Å². The number of ether oxygens (including phenoxy) is 1. The fourth-order valence-electron chi connectivity index (χ4n) is 3.54. The number of amides is 1. The van der Waals surface area contributed by atoms with E-state index < -0.39 is 0 Å². The number of benzene rings is 1. The molecule has 1 amide bonds. The lowest BCUT2D eigenvalue weighted by atomic mass is 10.1. The Kier molecular flexibility index (Phi) is 4.44. The molecule has 0 aliphatic carbocycles. The van der Waals surface area contributed by atoms with Crippen molar-refractivity contribution < 1.29 is 18.3 Å². The van der Waals surface area contributed by atoms with Gasteiger partial charge in [0.2, 0.25) is 0 Å². The standard InChI is InChI=1S/C19H21FN2O3/c20-13-1-5-16(6-2-13)24-12-17-7-8-18(25-17)19(23)22-10-9-14-3-4-15(11-22)21-14/h1-2,5-8,14-15,21H,3-4,9-12H2. The van der Waals surface area contributed by atoms with Crippen LogP contribution in [-0.2, 0) is 6.61 Å². The summed E-state index contributed by atoms with van der Waals surface area (Å²) < 4.78 is 24.1. The first-order valence-corrected chi connectivity index (χ1v) is 8.70. The average Bonchev–Trinajstić information content (AvgIpc) is 3.20. The monoisotopic (exact) mass is 344 g/mol. The summed E-state index contributed by atoms with van der Waals surface area (Å²) in [6.45, 7) is 1.69. The molecule has 2 bridgehead atoms. The summed E-state index contributed by atoms with van der Waals surface area (Å²) in [5, 5.41) is 3.57. The van der Waals surface area contributed by atoms with Crippen molar-refractivity contribution in [1.29, 1.82) is 0 Å². The summed E-state index contributed by atoms with van der Waals surface area (Å²) in [6, 6.07) is 10.2. The van der Waals surface area contributed by atoms with Crippen LogP contribution in [0.4, 0.5) is 4.39 Å². The minimum absolute atomic E-state index is 0.0672. The lowest BCUT2D eigenvalue weighted by molar-refractivity contribution is 0.0712. The highest BCUT2D eigenvalue weighted by molar-refractivity contribution is 5.91. The van der Waals surface area contributed by atoms with Gasteiger partial charge in [0, 0.05) is 25.2 Å². The van der Waals surface area contributed by atoms with Crippen LogP contribution >= 0.6 is 0 Å². The van der Waals surface area contributed by atoms with Crippen molar-refractivity contribution in [3.63, 3.8) is 0 Å². The van der Waals surface area contributed by atoms with Crippen LogP contribution in [0.2, 0.25) is 0 Å². The Bertz CT molecular complexity index is 743. The Hall–Kier alpha value is -2.34. The van der Waals surface area contributed by atoms with Crippen LogP contribution in [-0.4, -0.2) is 36.0 Å². The van der Waals surface area contributed by atoms with Crippen molar-refractivity contribution in [1.82, 2.24) is 10.2 Å². The average molecular weight is 344 g/mol. The normalized spacial score (nSPS) is 22.7. The van der Waals surface area contributed by atoms with Gasteiger partial charge in [-0.1, -0.05) is 0 Å². The zero-order chi connectivity index (χ0) is 17.2. The predicted molar refractivity (Wildman–Crippen MR) is 89.9 cm³/mol. The molecule has 132 valence electrons. The molecular formula is C19H21FN2O3. The minimum Gasteiger partial charge on any atom is -0.486 e. The number of fused-ring (bicyclic) bond motifs is 2. The molecule has 6 heteroatoms. The number of nitrogens with zero attached hydrogens (tertiary/aromatic N) is 1. The van der Waals surface area contributed by atoms with Gasteiger partial charge in [-0.2, -0.15) is 0 Å². The van der Waals surface area contributed by atoms with Crippen LogP contribution in [0.25, 0.3) is 0 Å². The molecule has 2 saturated heterocycles. The first kappa shape index (κ1) is 16.1. The van der Waals surface area contributed by atoms with E-state index in [9.17, 15) is 9.18 Å². The van der Waals surface area contributed by atoms with E-state index in [4.69, 9.17) is 9.15 Å². The fourth-order valence-corrected chi connectivity index (χ4v) is 3.54. The molecule has 1 aromatic carbocycles. The second-order valence-electron chi connectivity index (χ2n) is 6.69. The number of hydrogen-bond donors (Lipinski definition) is 1. The molecule has 2 atom stereocenters. The molecule has 1 N–H and O–H groups in total. The maximum absolute atomic E-state index is 12.9. The number of carbonyl (C=O) groups excluding carboxylic acids is 1. The van der Waals surface area contributed by atoms with Crippen LogP contribution < -0.4 is 10.1 Å². The van der Waals surface area contributed by atoms with E-state index >= 15 is 0 Å². The van der Waals surface area contributed by atoms with Crippen molar-refractivity contribution in [2.75, 3.05) is 13.1 Å². The molecule has 0 saturated carbocycles. The summed E-state index contributed by atoms with van der Waals surface area (Å²) in [6.07, 6.45) is 3.32. The first-order chi connectivity index (χ1) is 12.2. The maximum Gasteiger partial charge on any atom is 0.289 e. The first-order valence-electron chi connectivity index (χ1n) is 8.70. The van der Waals surface area contributed by atoms with Gasteiger partial charge in [0.15, 0.2) is 5.76 Å². The Balaban J connectivity index is 1.37. The zero-order valence-corrected chi connectivity index (χ0v) is 13.9. The van der Waals surface area contributed by atoms with Crippen LogP contribution in [0.3, 0.4) is 0 Å². The van der Waals surface area contributed by atoms with Gasteiger partial charge in [0.1, 0.15) is 23.9 Å². The number of furan rings is 1. The molecule has 2 fully saturated rings. The Morgan fingerprint density at radius 1 is 1.16 bits per heavy atom. The van der Waals surface area contributed by atoms with Crippen LogP contribution in [0, 0.1) is 5.82 Å². The number of halogens is 1. The van der Waals surface area contributed by atoms with E-state index in [1.165, 1.54) is 18.6 Å². The highest BCUT2D eigenvalue weighted by Gasteiger charge is 2.32. The summed E-state index contributed by atoms with van der Waals surface area (Å²) in [4.78, 5) is 14.6. The van der Waals surface area contributed by atoms with Crippen molar-refractivity contribution in [2.45, 2.75) is 38.0 Å². The topological polar surface area (TPSA) is 54.7 Å². The summed E-state index contributed by atoms with van der Waals surface area (Å²) in [5.41, 5.74) is 0. The molecule has 1 aromatic heterocycles. The van der Waals surface area contributed by atoms with Gasteiger partial charge in [-0.25, -0.2) is 4.39 Å². The molecule has 2 aliphatic heterocycles. The fraction of sp³-hybridized carbons (Fsp3) is 0.421. The molecular weight excluding hydrogens is 323 g/mol. The minimum atomic E-state index is -0.307. The third kappa shape index (κ3) is 3.69. The highest BCUT2D eigenvalue weighted by atomic mass is 19.1. The second-order valence-corrected chi connectivity index (χ2v) is 6.69. The van der Waals surface area contributed by atoms with Crippen LogP contribution in [0.15, 0.2) is 40.8 Å². The predicted octanol–water partition coefficient (Wildman–Crippen LogP) is 2.96. The lowest BCUT2D eigenvalue weighted by Crippen LogP contribution is -2.38. The Morgan fingerprint density at radius 2 is 1.96 bits per heavy atom. The number of carbonyl (C=O) groups is 1. The lowest BCUT2D eigenvalue weighted by Gasteiger charge is -2.23. The summed E-state index contributed by atoms with van der Waals surface area (Å²) >= 11 is 0. The number of nitrogens with one attached hydrogen (secondary N) is 1. The number of rotatable bonds is 4. The van der Waals surface area contributed by atoms with Crippen molar-refractivity contribution >= 4 is 5.91 Å². The largest absolute Gasteiger partial charge is 0.486 e. The van der Waals surface area contributed by atoms with Gasteiger partial charge < -0.3 is 19.4 Å². The molecule has 0 radical (unpaired) electrons. The molecule has 2 aliphatic rings. The quantitative estimate of drug-likeness (QED) is 0.926. The number of likely N-dealkylation sites (tertiary alicyclic amines) is 1. The molecule has 5 nitrogen and oxygen atoms in total. The van der Waals surface area contributed by atoms with Crippen LogP contribution in [0.5, 0.6) is 5.75 Å². The molecule has 3 heterocycles. The van der Waals surface area contributed by atoms with Gasteiger partial charge in [-0.05, 0) is 55.7 Å². The smallest absolute Gasteiger partial charge is 0.289 e. The molecule has 2 unspecified atom stereocenters. The van der Waals surface area contributed by atoms with Gasteiger partial charge >= 0.3 is 0 Å². The van der Waals surface area contributed by atoms with E-state index in [1.54, 1.807) is 24.3 Å². The molecule has 4 rings (SSSR count). The van der Waals surface area contributed by atoms with Gasteiger partial charge in [0.05, 0.1) is 0 Å². The van der Waals surface area contributed by atoms with Crippen molar-refractivity contribution in [3.05, 3.63) is 53.7 Å². The third-order valence-corrected chi connectivity index (χ3v) is 4.88. The van der Waals surface area contributed by atoms with Gasteiger partial charge in [-0.3, -0.25) is 4.79 Å². The van der Waals surface area contributed by atoms with Crippen LogP contribution in [0.1, 0.15) is 35.6 Å². The van der Waals surface area contributed by atoms with Gasteiger partial charge in [0.25, 0.3) is 5.91 Å². The Morgan fingerprint density at radius 3 is 2.80 bits per heavy atom. The molecule has 2 aromatic rings. The van der Waals surface area contributed by atoms with Crippen molar-refractivity contribution in [3.8, 4) is 5.75 Å². The van der Waals surface area contributed by atoms with Gasteiger partial charge in [-0.15, -0.1) is 0 Å². The summed E-state index contributed by atoms with van der Waals surface area (Å²) in [5.74, 6) is 1.10. The Labute approximate surface area is 145 Å². The molecule has 25 heavy (non-hydrogen) atoms. The van der Waals surface area contributed by atoms with Crippen molar-refractivity contribution in [2.24, 2.45) is 0 Å². The SMILES string of the molecule is O=C(c1ccc(COc2ccc(F)cc2)o1)N1CCC2CCC(C1)N2. The second kappa shape index (κ2) is 6.88. The van der Waals surface area contributed by atoms with E-state index in [0.717, 1.165) is 25.9 Å². The molecule has 0 spiro atoms. The van der Waals surface area contributed by atoms with E-state index in [1.807, 2.05) is 4.90 Å². The number of hydrogen-bond acceptors (Lipinski definition) is 4. The third-order valence-electron chi connectivity index (χ3n) is 4.88.